The number of rotatable bonds is 6. The van der Waals surface area contributed by atoms with Gasteiger partial charge in [0.05, 0.1) is 12.2 Å². The van der Waals surface area contributed by atoms with Crippen LogP contribution in [0.5, 0.6) is 0 Å². The van der Waals surface area contributed by atoms with Gasteiger partial charge < -0.3 is 4.90 Å². The third-order valence-corrected chi connectivity index (χ3v) is 4.30. The number of amides is 1. The molecule has 1 amide bonds. The van der Waals surface area contributed by atoms with Gasteiger partial charge in [-0.1, -0.05) is 19.9 Å². The Morgan fingerprint density at radius 3 is 2.62 bits per heavy atom. The number of carbonyl (C=O) groups is 1. The van der Waals surface area contributed by atoms with Crippen LogP contribution < -0.4 is 0 Å². The van der Waals surface area contributed by atoms with Crippen LogP contribution in [0.25, 0.3) is 6.08 Å². The van der Waals surface area contributed by atoms with Crippen molar-refractivity contribution >= 4 is 12.0 Å². The zero-order chi connectivity index (χ0) is 17.7. The summed E-state index contributed by atoms with van der Waals surface area (Å²) in [5, 5.41) is 4.20. The average molecular weight is 326 g/mol. The lowest BCUT2D eigenvalue weighted by molar-refractivity contribution is -0.129. The molecule has 0 aliphatic carbocycles. The molecule has 2 rings (SSSR count). The predicted molar refractivity (Wildman–Crippen MR) is 96.2 cm³/mol. The topological polar surface area (TPSA) is 51.0 Å². The smallest absolute Gasteiger partial charge is 0.247 e. The predicted octanol–water partition coefficient (Wildman–Crippen LogP) is 3.38. The Morgan fingerprint density at radius 1 is 1.38 bits per heavy atom. The second-order valence-corrected chi connectivity index (χ2v) is 6.24. The van der Waals surface area contributed by atoms with Gasteiger partial charge in [-0.2, -0.15) is 5.10 Å². The van der Waals surface area contributed by atoms with Crippen molar-refractivity contribution in [1.82, 2.24) is 19.7 Å². The number of pyridine rings is 1. The highest BCUT2D eigenvalue weighted by molar-refractivity contribution is 5.92. The summed E-state index contributed by atoms with van der Waals surface area (Å²) in [6.45, 7) is 8.90. The average Bonchev–Trinajstić information content (AvgIpc) is 2.89. The van der Waals surface area contributed by atoms with Gasteiger partial charge in [-0.05, 0) is 37.5 Å². The van der Waals surface area contributed by atoms with E-state index in [4.69, 9.17) is 0 Å². The van der Waals surface area contributed by atoms with E-state index in [2.05, 4.69) is 23.9 Å². The second-order valence-electron chi connectivity index (χ2n) is 6.24. The highest BCUT2D eigenvalue weighted by atomic mass is 16.2. The third-order valence-electron chi connectivity index (χ3n) is 4.30. The molecule has 0 radical (unpaired) electrons. The SMILES string of the molecule is CCN(C(=O)C=Cc1cnn(C)c1C)C(c1cccnc1)C(C)C. The molecule has 0 aliphatic heterocycles. The molecule has 1 unspecified atom stereocenters. The summed E-state index contributed by atoms with van der Waals surface area (Å²) in [6.07, 6.45) is 8.85. The largest absolute Gasteiger partial charge is 0.332 e. The molecular weight excluding hydrogens is 300 g/mol. The zero-order valence-electron chi connectivity index (χ0n) is 15.1. The lowest BCUT2D eigenvalue weighted by atomic mass is 9.95. The molecule has 0 N–H and O–H groups in total. The van der Waals surface area contributed by atoms with E-state index in [1.54, 1.807) is 23.2 Å². The maximum absolute atomic E-state index is 12.8. The Morgan fingerprint density at radius 2 is 2.12 bits per heavy atom. The van der Waals surface area contributed by atoms with Crippen LogP contribution in [0.2, 0.25) is 0 Å². The Kier molecular flexibility index (Phi) is 5.90. The summed E-state index contributed by atoms with van der Waals surface area (Å²) in [5.41, 5.74) is 3.06. The molecule has 0 saturated heterocycles. The van der Waals surface area contributed by atoms with E-state index in [1.165, 1.54) is 0 Å². The molecule has 0 aromatic carbocycles. The second kappa shape index (κ2) is 7.90. The zero-order valence-corrected chi connectivity index (χ0v) is 15.1. The van der Waals surface area contributed by atoms with Gasteiger partial charge >= 0.3 is 0 Å². The minimum absolute atomic E-state index is 0.00306. The van der Waals surface area contributed by atoms with E-state index >= 15 is 0 Å². The third kappa shape index (κ3) is 3.91. The molecule has 1 atom stereocenters. The molecule has 2 aromatic heterocycles. The lowest BCUT2D eigenvalue weighted by Gasteiger charge is -2.33. The summed E-state index contributed by atoms with van der Waals surface area (Å²) >= 11 is 0. The number of carbonyl (C=O) groups excluding carboxylic acids is 1. The number of nitrogens with zero attached hydrogens (tertiary/aromatic N) is 4. The van der Waals surface area contributed by atoms with E-state index in [1.807, 2.05) is 50.2 Å². The van der Waals surface area contributed by atoms with Crippen molar-refractivity contribution in [2.75, 3.05) is 6.54 Å². The molecule has 128 valence electrons. The van der Waals surface area contributed by atoms with Crippen molar-refractivity contribution in [1.29, 1.82) is 0 Å². The molecule has 0 fully saturated rings. The number of aryl methyl sites for hydroxylation is 1. The van der Waals surface area contributed by atoms with Gasteiger partial charge in [0.15, 0.2) is 0 Å². The molecule has 0 bridgehead atoms. The van der Waals surface area contributed by atoms with Crippen molar-refractivity contribution in [2.45, 2.75) is 33.7 Å². The number of hydrogen-bond acceptors (Lipinski definition) is 3. The molecule has 2 heterocycles. The van der Waals surface area contributed by atoms with Gasteiger partial charge in [-0.25, -0.2) is 0 Å². The van der Waals surface area contributed by atoms with Crippen LogP contribution in [0, 0.1) is 12.8 Å². The van der Waals surface area contributed by atoms with Gasteiger partial charge in [0.25, 0.3) is 0 Å². The maximum Gasteiger partial charge on any atom is 0.247 e. The van der Waals surface area contributed by atoms with Gasteiger partial charge in [0.1, 0.15) is 0 Å². The van der Waals surface area contributed by atoms with Crippen LogP contribution in [0.15, 0.2) is 36.8 Å². The molecule has 24 heavy (non-hydrogen) atoms. The van der Waals surface area contributed by atoms with Crippen molar-refractivity contribution in [3.05, 3.63) is 53.6 Å². The van der Waals surface area contributed by atoms with Gasteiger partial charge in [-0.3, -0.25) is 14.5 Å². The van der Waals surface area contributed by atoms with Crippen LogP contribution in [-0.4, -0.2) is 32.1 Å². The molecule has 2 aromatic rings. The van der Waals surface area contributed by atoms with Crippen molar-refractivity contribution < 1.29 is 4.79 Å². The van der Waals surface area contributed by atoms with E-state index in [9.17, 15) is 4.79 Å². The van der Waals surface area contributed by atoms with Crippen LogP contribution in [0.1, 0.15) is 43.6 Å². The molecule has 5 heteroatoms. The van der Waals surface area contributed by atoms with Crippen molar-refractivity contribution in [3.8, 4) is 0 Å². The Balaban J connectivity index is 2.25. The molecule has 5 nitrogen and oxygen atoms in total. The fraction of sp³-hybridized carbons (Fsp3) is 0.421. The fourth-order valence-corrected chi connectivity index (χ4v) is 2.90. The van der Waals surface area contributed by atoms with Crippen molar-refractivity contribution in [2.24, 2.45) is 13.0 Å². The molecule has 0 spiro atoms. The monoisotopic (exact) mass is 326 g/mol. The van der Waals surface area contributed by atoms with Crippen LogP contribution in [0.4, 0.5) is 0 Å². The summed E-state index contributed by atoms with van der Waals surface area (Å²) < 4.78 is 1.80. The van der Waals surface area contributed by atoms with Crippen LogP contribution >= 0.6 is 0 Å². The first kappa shape index (κ1) is 17.9. The van der Waals surface area contributed by atoms with E-state index in [-0.39, 0.29) is 11.9 Å². The van der Waals surface area contributed by atoms with Gasteiger partial charge in [0, 0.05) is 43.3 Å². The Hall–Kier alpha value is -2.43. The fourth-order valence-electron chi connectivity index (χ4n) is 2.90. The summed E-state index contributed by atoms with van der Waals surface area (Å²) in [4.78, 5) is 18.9. The maximum atomic E-state index is 12.8. The first-order valence-electron chi connectivity index (χ1n) is 8.32. The van der Waals surface area contributed by atoms with Gasteiger partial charge in [-0.15, -0.1) is 0 Å². The highest BCUT2D eigenvalue weighted by Gasteiger charge is 2.25. The summed E-state index contributed by atoms with van der Waals surface area (Å²) in [5.74, 6) is 0.301. The lowest BCUT2D eigenvalue weighted by Crippen LogP contribution is -2.36. The van der Waals surface area contributed by atoms with Crippen LogP contribution in [-0.2, 0) is 11.8 Å². The highest BCUT2D eigenvalue weighted by Crippen LogP contribution is 2.28. The van der Waals surface area contributed by atoms with E-state index < -0.39 is 0 Å². The van der Waals surface area contributed by atoms with E-state index in [0.717, 1.165) is 16.8 Å². The minimum atomic E-state index is 0.00306. The first-order valence-corrected chi connectivity index (χ1v) is 8.32. The summed E-state index contributed by atoms with van der Waals surface area (Å²) in [6, 6.07) is 3.95. The van der Waals surface area contributed by atoms with Crippen molar-refractivity contribution in [3.63, 3.8) is 0 Å². The minimum Gasteiger partial charge on any atom is -0.332 e. The Labute approximate surface area is 144 Å². The normalized spacial score (nSPS) is 12.8. The molecular formula is C19H26N4O. The number of hydrogen-bond donors (Lipinski definition) is 0. The van der Waals surface area contributed by atoms with E-state index in [0.29, 0.717) is 12.5 Å². The molecule has 0 aliphatic rings. The van der Waals surface area contributed by atoms with Gasteiger partial charge in [0.2, 0.25) is 5.91 Å². The number of aromatic nitrogens is 3. The summed E-state index contributed by atoms with van der Waals surface area (Å²) in [7, 11) is 1.89. The number of likely N-dealkylation sites (N-methyl/N-ethyl adjacent to an activating group) is 1. The quantitative estimate of drug-likeness (QED) is 0.765. The first-order chi connectivity index (χ1) is 11.5. The van der Waals surface area contributed by atoms with Crippen LogP contribution in [0.3, 0.4) is 0 Å². The molecule has 0 saturated carbocycles. The Bertz CT molecular complexity index is 703. The standard InChI is InChI=1S/C19H26N4O/c1-6-23(19(14(2)3)17-8-7-11-20-12-17)18(24)10-9-16-13-21-22(5)15(16)4/h7-14,19H,6H2,1-5H3.